The van der Waals surface area contributed by atoms with E-state index in [0.717, 1.165) is 38.4 Å². The quantitative estimate of drug-likeness (QED) is 0.898. The summed E-state index contributed by atoms with van der Waals surface area (Å²) in [5.41, 5.74) is 1.43. The van der Waals surface area contributed by atoms with Crippen LogP contribution in [0.5, 0.6) is 0 Å². The number of rotatable bonds is 4. The van der Waals surface area contributed by atoms with Crippen molar-refractivity contribution in [1.82, 2.24) is 15.1 Å². The van der Waals surface area contributed by atoms with E-state index in [1.165, 1.54) is 4.88 Å². The third-order valence-electron chi connectivity index (χ3n) is 4.88. The van der Waals surface area contributed by atoms with Crippen molar-refractivity contribution in [2.45, 2.75) is 6.54 Å². The van der Waals surface area contributed by atoms with Crippen molar-refractivity contribution in [1.29, 1.82) is 0 Å². The van der Waals surface area contributed by atoms with Crippen LogP contribution in [0.25, 0.3) is 0 Å². The predicted molar refractivity (Wildman–Crippen MR) is 103 cm³/mol. The Morgan fingerprint density at radius 2 is 1.92 bits per heavy atom. The van der Waals surface area contributed by atoms with E-state index in [-0.39, 0.29) is 11.9 Å². The van der Waals surface area contributed by atoms with Gasteiger partial charge in [-0.2, -0.15) is 0 Å². The Labute approximate surface area is 157 Å². The smallest absolute Gasteiger partial charge is 0.321 e. The standard InChI is InChI=1S/C19H22N4O2S/c24-18(15-3-1-4-16(13-15)23-7-6-20-19(23)25)22-10-8-21(9-11-22)14-17-5-2-12-26-17/h1-5,12-13H,6-11,14H2,(H,20,25). The van der Waals surface area contributed by atoms with Gasteiger partial charge >= 0.3 is 6.03 Å². The first-order chi connectivity index (χ1) is 12.7. The topological polar surface area (TPSA) is 55.9 Å². The van der Waals surface area contributed by atoms with Crippen LogP contribution in [-0.2, 0) is 6.54 Å². The van der Waals surface area contributed by atoms with Gasteiger partial charge in [-0.1, -0.05) is 12.1 Å². The van der Waals surface area contributed by atoms with E-state index in [9.17, 15) is 9.59 Å². The molecule has 2 saturated heterocycles. The van der Waals surface area contributed by atoms with Crippen molar-refractivity contribution >= 4 is 29.0 Å². The van der Waals surface area contributed by atoms with Gasteiger partial charge in [-0.3, -0.25) is 14.6 Å². The van der Waals surface area contributed by atoms with E-state index in [2.05, 4.69) is 27.7 Å². The fourth-order valence-electron chi connectivity index (χ4n) is 3.44. The maximum absolute atomic E-state index is 12.9. The number of piperazine rings is 1. The highest BCUT2D eigenvalue weighted by atomic mass is 32.1. The van der Waals surface area contributed by atoms with Crippen LogP contribution >= 0.6 is 11.3 Å². The molecule has 136 valence electrons. The van der Waals surface area contributed by atoms with E-state index in [4.69, 9.17) is 0 Å². The van der Waals surface area contributed by atoms with Crippen molar-refractivity contribution in [3.63, 3.8) is 0 Å². The van der Waals surface area contributed by atoms with Crippen LogP contribution in [0.2, 0.25) is 0 Å². The summed E-state index contributed by atoms with van der Waals surface area (Å²) < 4.78 is 0. The average molecular weight is 370 g/mol. The molecule has 1 aromatic heterocycles. The summed E-state index contributed by atoms with van der Waals surface area (Å²) in [4.78, 5) is 32.0. The number of hydrogen-bond acceptors (Lipinski definition) is 4. The molecule has 1 N–H and O–H groups in total. The third kappa shape index (κ3) is 3.59. The van der Waals surface area contributed by atoms with E-state index < -0.39 is 0 Å². The van der Waals surface area contributed by atoms with Gasteiger partial charge in [0.15, 0.2) is 0 Å². The minimum atomic E-state index is -0.100. The van der Waals surface area contributed by atoms with Crippen LogP contribution in [0.1, 0.15) is 15.2 Å². The summed E-state index contributed by atoms with van der Waals surface area (Å²) in [6.45, 7) is 5.48. The van der Waals surface area contributed by atoms with E-state index in [1.54, 1.807) is 16.2 Å². The van der Waals surface area contributed by atoms with E-state index in [0.29, 0.717) is 18.7 Å². The van der Waals surface area contributed by atoms with Crippen molar-refractivity contribution in [3.05, 3.63) is 52.2 Å². The molecule has 3 amide bonds. The van der Waals surface area contributed by atoms with Gasteiger partial charge in [-0.15, -0.1) is 11.3 Å². The normalized spacial score (nSPS) is 18.2. The Balaban J connectivity index is 1.38. The van der Waals surface area contributed by atoms with Crippen molar-refractivity contribution < 1.29 is 9.59 Å². The highest BCUT2D eigenvalue weighted by molar-refractivity contribution is 7.09. The molecule has 0 aliphatic carbocycles. The van der Waals surface area contributed by atoms with Crippen molar-refractivity contribution in [2.75, 3.05) is 44.2 Å². The SMILES string of the molecule is O=C(c1cccc(N2CCNC2=O)c1)N1CCN(Cc2cccs2)CC1. The first kappa shape index (κ1) is 17.1. The maximum atomic E-state index is 12.9. The zero-order valence-electron chi connectivity index (χ0n) is 14.6. The Morgan fingerprint density at radius 1 is 1.08 bits per heavy atom. The second-order valence-electron chi connectivity index (χ2n) is 6.58. The highest BCUT2D eigenvalue weighted by Crippen LogP contribution is 2.20. The second-order valence-corrected chi connectivity index (χ2v) is 7.61. The number of anilines is 1. The molecule has 0 atom stereocenters. The van der Waals surface area contributed by atoms with Gasteiger partial charge in [0.2, 0.25) is 0 Å². The predicted octanol–water partition coefficient (Wildman–Crippen LogP) is 2.24. The Morgan fingerprint density at radius 3 is 2.62 bits per heavy atom. The van der Waals surface area contributed by atoms with Crippen LogP contribution in [0, 0.1) is 0 Å². The number of nitrogens with one attached hydrogen (secondary N) is 1. The summed E-state index contributed by atoms with van der Waals surface area (Å²) in [6.07, 6.45) is 0. The number of urea groups is 1. The van der Waals surface area contributed by atoms with Gasteiger partial charge in [0, 0.05) is 61.9 Å². The molecule has 7 heteroatoms. The van der Waals surface area contributed by atoms with Gasteiger partial charge in [-0.05, 0) is 29.6 Å². The molecule has 2 fully saturated rings. The molecule has 4 rings (SSSR count). The van der Waals surface area contributed by atoms with E-state index in [1.807, 2.05) is 29.2 Å². The molecule has 2 aliphatic rings. The minimum absolute atomic E-state index is 0.0437. The first-order valence-electron chi connectivity index (χ1n) is 8.90. The maximum Gasteiger partial charge on any atom is 0.321 e. The number of thiophene rings is 1. The summed E-state index contributed by atoms with van der Waals surface area (Å²) >= 11 is 1.77. The van der Waals surface area contributed by atoms with Crippen LogP contribution in [0.4, 0.5) is 10.5 Å². The van der Waals surface area contributed by atoms with Gasteiger partial charge in [0.25, 0.3) is 5.91 Å². The van der Waals surface area contributed by atoms with Gasteiger partial charge in [0.1, 0.15) is 0 Å². The number of carbonyl (C=O) groups excluding carboxylic acids is 2. The molecular formula is C19H22N4O2S. The Hall–Kier alpha value is -2.38. The fraction of sp³-hybridized carbons (Fsp3) is 0.368. The summed E-state index contributed by atoms with van der Waals surface area (Å²) in [5.74, 6) is 0.0437. The monoisotopic (exact) mass is 370 g/mol. The molecule has 3 heterocycles. The molecule has 0 radical (unpaired) electrons. The van der Waals surface area contributed by atoms with Crippen LogP contribution in [0.3, 0.4) is 0 Å². The summed E-state index contributed by atoms with van der Waals surface area (Å²) in [6, 6.07) is 11.5. The molecule has 0 unspecified atom stereocenters. The Bertz CT molecular complexity index is 785. The highest BCUT2D eigenvalue weighted by Gasteiger charge is 2.25. The van der Waals surface area contributed by atoms with E-state index >= 15 is 0 Å². The zero-order chi connectivity index (χ0) is 17.9. The molecule has 26 heavy (non-hydrogen) atoms. The zero-order valence-corrected chi connectivity index (χ0v) is 15.4. The van der Waals surface area contributed by atoms with Gasteiger partial charge < -0.3 is 10.2 Å². The minimum Gasteiger partial charge on any atom is -0.336 e. The van der Waals surface area contributed by atoms with Crippen LogP contribution in [-0.4, -0.2) is 61.0 Å². The molecule has 0 spiro atoms. The first-order valence-corrected chi connectivity index (χ1v) is 9.78. The lowest BCUT2D eigenvalue weighted by molar-refractivity contribution is 0.0629. The average Bonchev–Trinajstić information content (AvgIpc) is 3.33. The lowest BCUT2D eigenvalue weighted by atomic mass is 10.1. The Kier molecular flexibility index (Phi) is 4.90. The number of nitrogens with zero attached hydrogens (tertiary/aromatic N) is 3. The van der Waals surface area contributed by atoms with Crippen molar-refractivity contribution in [3.8, 4) is 0 Å². The largest absolute Gasteiger partial charge is 0.336 e. The molecule has 2 aromatic rings. The second kappa shape index (κ2) is 7.47. The van der Waals surface area contributed by atoms with Gasteiger partial charge in [0.05, 0.1) is 0 Å². The molecular weight excluding hydrogens is 348 g/mol. The van der Waals surface area contributed by atoms with Gasteiger partial charge in [-0.25, -0.2) is 4.79 Å². The lowest BCUT2D eigenvalue weighted by Crippen LogP contribution is -2.48. The number of hydrogen-bond donors (Lipinski definition) is 1. The lowest BCUT2D eigenvalue weighted by Gasteiger charge is -2.34. The summed E-state index contributed by atoms with van der Waals surface area (Å²) in [7, 11) is 0. The summed E-state index contributed by atoms with van der Waals surface area (Å²) in [5, 5.41) is 4.89. The molecule has 0 saturated carbocycles. The fourth-order valence-corrected chi connectivity index (χ4v) is 4.19. The van der Waals surface area contributed by atoms with Crippen LogP contribution < -0.4 is 10.2 Å². The molecule has 0 bridgehead atoms. The molecule has 2 aliphatic heterocycles. The number of benzene rings is 1. The van der Waals surface area contributed by atoms with Crippen molar-refractivity contribution in [2.24, 2.45) is 0 Å². The van der Waals surface area contributed by atoms with Crippen LogP contribution in [0.15, 0.2) is 41.8 Å². The number of carbonyl (C=O) groups is 2. The number of amides is 3. The third-order valence-corrected chi connectivity index (χ3v) is 5.74. The molecule has 1 aromatic carbocycles. The molecule has 6 nitrogen and oxygen atoms in total.